The van der Waals surface area contributed by atoms with Crippen molar-refractivity contribution in [3.05, 3.63) is 0 Å². The van der Waals surface area contributed by atoms with E-state index < -0.39 is 0 Å². The van der Waals surface area contributed by atoms with E-state index in [9.17, 15) is 0 Å². The summed E-state index contributed by atoms with van der Waals surface area (Å²) in [5, 5.41) is 3.86. The average Bonchev–Trinajstić information content (AvgIpc) is 3.06. The van der Waals surface area contributed by atoms with Crippen molar-refractivity contribution in [2.45, 2.75) is 57.2 Å². The maximum Gasteiger partial charge on any atom is 0.0795 e. The lowest BCUT2D eigenvalue weighted by Gasteiger charge is -2.38. The Bertz CT molecular complexity index is 318. The van der Waals surface area contributed by atoms with E-state index in [4.69, 9.17) is 4.74 Å². The Labute approximate surface area is 128 Å². The monoisotopic (exact) mass is 298 g/mol. The Hall–Kier alpha value is 0.230. The van der Waals surface area contributed by atoms with Gasteiger partial charge < -0.3 is 15.0 Å². The lowest BCUT2D eigenvalue weighted by Crippen LogP contribution is -2.48. The smallest absolute Gasteiger partial charge is 0.0795 e. The Morgan fingerprint density at radius 2 is 2.30 bits per heavy atom. The standard InChI is InChI=1S/C16H30N2OS/c1-13(2)18-6-3-14(11-18)10-17-15-4-7-19-16(9-15)5-8-20-12-16/h13-15,17H,3-12H2,1-2H3. The predicted octanol–water partition coefficient (Wildman–Crippen LogP) is 2.36. The van der Waals surface area contributed by atoms with Crippen LogP contribution < -0.4 is 5.32 Å². The second-order valence-corrected chi connectivity index (χ2v) is 8.28. The molecule has 1 spiro atoms. The molecule has 3 atom stereocenters. The number of thioether (sulfide) groups is 1. The molecule has 0 aliphatic carbocycles. The lowest BCUT2D eigenvalue weighted by molar-refractivity contribution is -0.0703. The van der Waals surface area contributed by atoms with E-state index >= 15 is 0 Å². The molecule has 0 aromatic heterocycles. The number of nitrogens with one attached hydrogen (secondary N) is 1. The largest absolute Gasteiger partial charge is 0.374 e. The van der Waals surface area contributed by atoms with Crippen LogP contribution in [-0.4, -0.2) is 60.3 Å². The number of nitrogens with zero attached hydrogens (tertiary/aromatic N) is 1. The molecule has 3 saturated heterocycles. The summed E-state index contributed by atoms with van der Waals surface area (Å²) >= 11 is 2.07. The molecule has 3 unspecified atom stereocenters. The highest BCUT2D eigenvalue weighted by atomic mass is 32.2. The Morgan fingerprint density at radius 1 is 1.40 bits per heavy atom. The molecule has 4 heteroatoms. The van der Waals surface area contributed by atoms with Gasteiger partial charge in [0.05, 0.1) is 5.60 Å². The quantitative estimate of drug-likeness (QED) is 0.861. The van der Waals surface area contributed by atoms with Crippen LogP contribution in [0.1, 0.15) is 39.5 Å². The summed E-state index contributed by atoms with van der Waals surface area (Å²) in [5.41, 5.74) is 0.222. The van der Waals surface area contributed by atoms with E-state index in [1.165, 1.54) is 56.8 Å². The van der Waals surface area contributed by atoms with Gasteiger partial charge in [-0.1, -0.05) is 0 Å². The molecule has 1 N–H and O–H groups in total. The van der Waals surface area contributed by atoms with Crippen LogP contribution in [0.15, 0.2) is 0 Å². The summed E-state index contributed by atoms with van der Waals surface area (Å²) < 4.78 is 6.11. The van der Waals surface area contributed by atoms with Crippen molar-refractivity contribution in [3.63, 3.8) is 0 Å². The average molecular weight is 298 g/mol. The molecular formula is C16H30N2OS. The number of likely N-dealkylation sites (tertiary alicyclic amines) is 1. The van der Waals surface area contributed by atoms with Crippen molar-refractivity contribution in [1.82, 2.24) is 10.2 Å². The van der Waals surface area contributed by atoms with Crippen molar-refractivity contribution >= 4 is 11.8 Å². The van der Waals surface area contributed by atoms with Crippen molar-refractivity contribution < 1.29 is 4.74 Å². The molecule has 3 fully saturated rings. The van der Waals surface area contributed by atoms with E-state index in [1.54, 1.807) is 0 Å². The number of hydrogen-bond acceptors (Lipinski definition) is 4. The normalized spacial score (nSPS) is 39.1. The fourth-order valence-electron chi connectivity index (χ4n) is 3.90. The van der Waals surface area contributed by atoms with Crippen LogP contribution in [-0.2, 0) is 4.74 Å². The Balaban J connectivity index is 1.42. The van der Waals surface area contributed by atoms with Gasteiger partial charge in [-0.25, -0.2) is 0 Å². The van der Waals surface area contributed by atoms with E-state index in [1.807, 2.05) is 0 Å². The molecule has 0 aromatic rings. The second-order valence-electron chi connectivity index (χ2n) is 7.18. The number of hydrogen-bond donors (Lipinski definition) is 1. The molecule has 0 amide bonds. The fraction of sp³-hybridized carbons (Fsp3) is 1.00. The molecular weight excluding hydrogens is 268 g/mol. The Kier molecular flexibility index (Phi) is 4.96. The highest BCUT2D eigenvalue weighted by Crippen LogP contribution is 2.38. The van der Waals surface area contributed by atoms with Crippen LogP contribution in [0.2, 0.25) is 0 Å². The molecule has 116 valence electrons. The van der Waals surface area contributed by atoms with E-state index in [0.29, 0.717) is 12.1 Å². The van der Waals surface area contributed by atoms with Crippen molar-refractivity contribution in [2.24, 2.45) is 5.92 Å². The molecule has 3 aliphatic heterocycles. The first-order chi connectivity index (χ1) is 9.67. The minimum atomic E-state index is 0.222. The molecule has 0 aromatic carbocycles. The molecule has 0 radical (unpaired) electrons. The third-order valence-corrected chi connectivity index (χ3v) is 6.53. The van der Waals surface area contributed by atoms with Crippen molar-refractivity contribution in [2.75, 3.05) is 37.7 Å². The zero-order valence-corrected chi connectivity index (χ0v) is 13.9. The molecule has 3 rings (SSSR count). The maximum atomic E-state index is 6.11. The minimum Gasteiger partial charge on any atom is -0.374 e. The van der Waals surface area contributed by atoms with Gasteiger partial charge in [-0.15, -0.1) is 0 Å². The molecule has 0 bridgehead atoms. The summed E-state index contributed by atoms with van der Waals surface area (Å²) in [5.74, 6) is 3.36. The summed E-state index contributed by atoms with van der Waals surface area (Å²) in [4.78, 5) is 2.62. The maximum absolute atomic E-state index is 6.11. The summed E-state index contributed by atoms with van der Waals surface area (Å²) in [6, 6.07) is 1.40. The van der Waals surface area contributed by atoms with Crippen LogP contribution in [0.3, 0.4) is 0 Å². The lowest BCUT2D eigenvalue weighted by atomic mass is 9.89. The van der Waals surface area contributed by atoms with Crippen LogP contribution in [0.25, 0.3) is 0 Å². The van der Waals surface area contributed by atoms with E-state index in [0.717, 1.165) is 12.5 Å². The van der Waals surface area contributed by atoms with Gasteiger partial charge in [0.1, 0.15) is 0 Å². The highest BCUT2D eigenvalue weighted by Gasteiger charge is 2.40. The number of ether oxygens (including phenoxy) is 1. The van der Waals surface area contributed by atoms with Gasteiger partial charge in [0.2, 0.25) is 0 Å². The van der Waals surface area contributed by atoms with Gasteiger partial charge in [-0.3, -0.25) is 0 Å². The van der Waals surface area contributed by atoms with Crippen LogP contribution in [0.5, 0.6) is 0 Å². The SMILES string of the molecule is CC(C)N1CCC(CNC2CCOC3(CCSC3)C2)C1. The fourth-order valence-corrected chi connectivity index (χ4v) is 5.28. The van der Waals surface area contributed by atoms with Gasteiger partial charge >= 0.3 is 0 Å². The molecule has 3 heterocycles. The summed E-state index contributed by atoms with van der Waals surface area (Å²) in [6.45, 7) is 9.37. The van der Waals surface area contributed by atoms with Gasteiger partial charge in [0.25, 0.3) is 0 Å². The minimum absolute atomic E-state index is 0.222. The molecule has 0 saturated carbocycles. The van der Waals surface area contributed by atoms with Crippen molar-refractivity contribution in [3.8, 4) is 0 Å². The Morgan fingerprint density at radius 3 is 3.00 bits per heavy atom. The van der Waals surface area contributed by atoms with Gasteiger partial charge in [-0.2, -0.15) is 11.8 Å². The van der Waals surface area contributed by atoms with Crippen LogP contribution >= 0.6 is 11.8 Å². The summed E-state index contributed by atoms with van der Waals surface area (Å²) in [6.07, 6.45) is 5.07. The van der Waals surface area contributed by atoms with Crippen LogP contribution in [0.4, 0.5) is 0 Å². The van der Waals surface area contributed by atoms with Gasteiger partial charge in [0, 0.05) is 31.0 Å². The first-order valence-electron chi connectivity index (χ1n) is 8.36. The third-order valence-electron chi connectivity index (χ3n) is 5.30. The first-order valence-corrected chi connectivity index (χ1v) is 9.51. The van der Waals surface area contributed by atoms with Crippen molar-refractivity contribution in [1.29, 1.82) is 0 Å². The first kappa shape index (κ1) is 15.1. The topological polar surface area (TPSA) is 24.5 Å². The molecule has 3 nitrogen and oxygen atoms in total. The van der Waals surface area contributed by atoms with Gasteiger partial charge in [0.15, 0.2) is 0 Å². The van der Waals surface area contributed by atoms with E-state index in [2.05, 4.69) is 35.8 Å². The van der Waals surface area contributed by atoms with E-state index in [-0.39, 0.29) is 5.60 Å². The zero-order valence-electron chi connectivity index (χ0n) is 13.1. The highest BCUT2D eigenvalue weighted by molar-refractivity contribution is 7.99. The third kappa shape index (κ3) is 3.52. The van der Waals surface area contributed by atoms with Crippen LogP contribution in [0, 0.1) is 5.92 Å². The summed E-state index contributed by atoms with van der Waals surface area (Å²) in [7, 11) is 0. The molecule has 3 aliphatic rings. The second kappa shape index (κ2) is 6.55. The van der Waals surface area contributed by atoms with Gasteiger partial charge in [-0.05, 0) is 64.3 Å². The number of rotatable bonds is 4. The zero-order chi connectivity index (χ0) is 14.0. The predicted molar refractivity (Wildman–Crippen MR) is 86.5 cm³/mol. The molecule has 20 heavy (non-hydrogen) atoms.